The number of anilines is 1. The van der Waals surface area contributed by atoms with E-state index in [4.69, 9.17) is 0 Å². The van der Waals surface area contributed by atoms with Crippen molar-refractivity contribution in [2.45, 2.75) is 26.0 Å². The molecule has 0 aliphatic carbocycles. The van der Waals surface area contributed by atoms with E-state index in [0.29, 0.717) is 23.1 Å². The molecule has 1 heterocycles. The Morgan fingerprint density at radius 2 is 1.63 bits per heavy atom. The number of benzene rings is 2. The number of aromatic nitrogens is 2. The number of nitrogens with zero attached hydrogens (tertiary/aromatic N) is 2. The number of hydrogen-bond acceptors (Lipinski definition) is 6. The van der Waals surface area contributed by atoms with Gasteiger partial charge in [0.1, 0.15) is 5.01 Å². The first-order valence-electron chi connectivity index (χ1n) is 9.60. The molecule has 0 aliphatic rings. The number of nitrogens with one attached hydrogen (secondary N) is 2. The third-order valence-corrected chi connectivity index (χ3v) is 6.33. The molecule has 1 aromatic heterocycles. The van der Waals surface area contributed by atoms with Gasteiger partial charge in [-0.15, -0.1) is 22.0 Å². The predicted molar refractivity (Wildman–Crippen MR) is 123 cm³/mol. The summed E-state index contributed by atoms with van der Waals surface area (Å²) in [4.78, 5) is 24.3. The summed E-state index contributed by atoms with van der Waals surface area (Å²) in [7, 11) is 0. The molecule has 0 saturated heterocycles. The van der Waals surface area contributed by atoms with E-state index in [-0.39, 0.29) is 11.8 Å². The fourth-order valence-electron chi connectivity index (χ4n) is 2.61. The molecule has 0 saturated carbocycles. The second-order valence-corrected chi connectivity index (χ2v) is 8.95. The highest BCUT2D eigenvalue weighted by atomic mass is 32.2. The fraction of sp³-hybridized carbons (Fsp3) is 0.273. The minimum Gasteiger partial charge on any atom is -0.355 e. The first kappa shape index (κ1) is 22.0. The molecule has 3 aromatic rings. The monoisotopic (exact) mass is 440 g/mol. The Morgan fingerprint density at radius 3 is 2.33 bits per heavy atom. The number of amides is 2. The normalized spacial score (nSPS) is 10.6. The van der Waals surface area contributed by atoms with Crippen LogP contribution in [0.25, 0.3) is 0 Å². The fourth-order valence-corrected chi connectivity index (χ4v) is 4.25. The van der Waals surface area contributed by atoms with Crippen LogP contribution in [0, 0.1) is 13.8 Å². The maximum Gasteiger partial charge on any atom is 0.286 e. The second kappa shape index (κ2) is 10.9. The van der Waals surface area contributed by atoms with Crippen molar-refractivity contribution in [3.05, 3.63) is 75.2 Å². The first-order valence-corrected chi connectivity index (χ1v) is 11.6. The Hall–Kier alpha value is -2.71. The van der Waals surface area contributed by atoms with Gasteiger partial charge in [0.05, 0.1) is 5.75 Å². The summed E-state index contributed by atoms with van der Waals surface area (Å²) in [5.41, 5.74) is 4.28. The van der Waals surface area contributed by atoms with Crippen molar-refractivity contribution in [2.24, 2.45) is 0 Å². The van der Waals surface area contributed by atoms with E-state index in [1.807, 2.05) is 31.2 Å². The number of aryl methyl sites for hydroxylation is 2. The van der Waals surface area contributed by atoms with E-state index in [1.165, 1.54) is 34.2 Å². The average molecular weight is 441 g/mol. The Kier molecular flexibility index (Phi) is 7.98. The minimum absolute atomic E-state index is 0.00559. The Bertz CT molecular complexity index is 985. The minimum atomic E-state index is -0.276. The Labute approximate surface area is 184 Å². The smallest absolute Gasteiger partial charge is 0.286 e. The molecular weight excluding hydrogens is 416 g/mol. The van der Waals surface area contributed by atoms with Crippen LogP contribution in [0.2, 0.25) is 0 Å². The highest BCUT2D eigenvalue weighted by Gasteiger charge is 2.13. The zero-order valence-electron chi connectivity index (χ0n) is 17.0. The molecule has 2 N–H and O–H groups in total. The van der Waals surface area contributed by atoms with Crippen LogP contribution in [-0.2, 0) is 17.0 Å². The van der Waals surface area contributed by atoms with Gasteiger partial charge < -0.3 is 10.6 Å². The number of rotatable bonds is 9. The van der Waals surface area contributed by atoms with Crippen molar-refractivity contribution in [1.29, 1.82) is 0 Å². The molecule has 0 aliphatic heterocycles. The van der Waals surface area contributed by atoms with Gasteiger partial charge in [-0.3, -0.25) is 9.59 Å². The molecule has 2 amide bonds. The van der Waals surface area contributed by atoms with Crippen molar-refractivity contribution in [3.63, 3.8) is 0 Å². The molecular formula is C22H24N4O2S2. The largest absolute Gasteiger partial charge is 0.355 e. The molecule has 8 heteroatoms. The van der Waals surface area contributed by atoms with Crippen LogP contribution in [0.5, 0.6) is 0 Å². The van der Waals surface area contributed by atoms with E-state index in [2.05, 4.69) is 52.0 Å². The molecule has 0 spiro atoms. The lowest BCUT2D eigenvalue weighted by atomic mass is 10.1. The summed E-state index contributed by atoms with van der Waals surface area (Å²) >= 11 is 2.70. The zero-order valence-corrected chi connectivity index (χ0v) is 18.6. The van der Waals surface area contributed by atoms with Gasteiger partial charge in [0, 0.05) is 18.0 Å². The molecule has 6 nitrogen and oxygen atoms in total. The van der Waals surface area contributed by atoms with Crippen molar-refractivity contribution in [1.82, 2.24) is 15.5 Å². The quantitative estimate of drug-likeness (QED) is 0.525. The van der Waals surface area contributed by atoms with Crippen LogP contribution in [0.4, 0.5) is 5.69 Å². The molecule has 0 radical (unpaired) electrons. The van der Waals surface area contributed by atoms with E-state index < -0.39 is 0 Å². The number of carbonyl (C=O) groups is 2. The summed E-state index contributed by atoms with van der Waals surface area (Å²) in [6.07, 6.45) is 0.812. The van der Waals surface area contributed by atoms with E-state index in [1.54, 1.807) is 0 Å². The van der Waals surface area contributed by atoms with Gasteiger partial charge in [-0.25, -0.2) is 0 Å². The zero-order chi connectivity index (χ0) is 21.3. The number of hydrogen-bond donors (Lipinski definition) is 2. The molecule has 0 bridgehead atoms. The first-order chi connectivity index (χ1) is 14.5. The van der Waals surface area contributed by atoms with Crippen LogP contribution in [0.3, 0.4) is 0 Å². The van der Waals surface area contributed by atoms with Gasteiger partial charge in [-0.1, -0.05) is 58.9 Å². The average Bonchev–Trinajstić information content (AvgIpc) is 3.20. The maximum absolute atomic E-state index is 12.3. The van der Waals surface area contributed by atoms with Crippen LogP contribution in [0.1, 0.15) is 31.5 Å². The third-order valence-electron chi connectivity index (χ3n) is 4.29. The van der Waals surface area contributed by atoms with E-state index in [9.17, 15) is 9.59 Å². The lowest BCUT2D eigenvalue weighted by molar-refractivity contribution is -0.118. The van der Waals surface area contributed by atoms with Gasteiger partial charge in [-0.05, 0) is 38.0 Å². The summed E-state index contributed by atoms with van der Waals surface area (Å²) in [5.74, 6) is 0.606. The topological polar surface area (TPSA) is 84.0 Å². The number of carbonyl (C=O) groups excluding carboxylic acids is 2. The van der Waals surface area contributed by atoms with Crippen LogP contribution >= 0.6 is 23.1 Å². The lowest BCUT2D eigenvalue weighted by Gasteiger charge is -2.05. The molecule has 2 aromatic carbocycles. The molecule has 0 fully saturated rings. The van der Waals surface area contributed by atoms with Crippen LogP contribution in [0.15, 0.2) is 48.5 Å². The Balaban J connectivity index is 1.36. The summed E-state index contributed by atoms with van der Waals surface area (Å²) in [6, 6.07) is 15.9. The van der Waals surface area contributed by atoms with Gasteiger partial charge in [0.15, 0.2) is 0 Å². The lowest BCUT2D eigenvalue weighted by Crippen LogP contribution is -2.27. The van der Waals surface area contributed by atoms with Gasteiger partial charge >= 0.3 is 0 Å². The Morgan fingerprint density at radius 1 is 0.967 bits per heavy atom. The van der Waals surface area contributed by atoms with Crippen molar-refractivity contribution >= 4 is 40.6 Å². The summed E-state index contributed by atoms with van der Waals surface area (Å²) < 4.78 is 0. The third kappa shape index (κ3) is 6.96. The second-order valence-electron chi connectivity index (χ2n) is 6.90. The molecule has 0 unspecified atom stereocenters. The maximum atomic E-state index is 12.3. The SMILES string of the molecule is Cc1ccc(CCNC(=O)CSCc2nnc(C(=O)Nc3ccc(C)cc3)s2)cc1. The molecule has 3 rings (SSSR count). The molecule has 156 valence electrons. The van der Waals surface area contributed by atoms with E-state index >= 15 is 0 Å². The number of thioether (sulfide) groups is 1. The highest BCUT2D eigenvalue weighted by molar-refractivity contribution is 7.99. The van der Waals surface area contributed by atoms with Crippen molar-refractivity contribution in [2.75, 3.05) is 17.6 Å². The highest BCUT2D eigenvalue weighted by Crippen LogP contribution is 2.18. The predicted octanol–water partition coefficient (Wildman–Crippen LogP) is 4.00. The van der Waals surface area contributed by atoms with Gasteiger partial charge in [0.25, 0.3) is 5.91 Å². The standard InChI is InChI=1S/C22H24N4O2S2/c1-15-3-7-17(8-4-15)11-12-23-19(27)13-29-14-20-25-26-22(30-20)21(28)24-18-9-5-16(2)6-10-18/h3-10H,11-14H2,1-2H3,(H,23,27)(H,24,28). The molecule has 0 atom stereocenters. The van der Waals surface area contributed by atoms with Crippen molar-refractivity contribution < 1.29 is 9.59 Å². The van der Waals surface area contributed by atoms with E-state index in [0.717, 1.165) is 22.7 Å². The van der Waals surface area contributed by atoms with Crippen molar-refractivity contribution in [3.8, 4) is 0 Å². The van der Waals surface area contributed by atoms with Gasteiger partial charge in [-0.2, -0.15) is 0 Å². The van der Waals surface area contributed by atoms with Gasteiger partial charge in [0.2, 0.25) is 10.9 Å². The van der Waals surface area contributed by atoms with Crippen LogP contribution in [-0.4, -0.2) is 34.3 Å². The summed E-state index contributed by atoms with van der Waals surface area (Å²) in [5, 5.41) is 14.8. The molecule has 30 heavy (non-hydrogen) atoms. The van der Waals surface area contributed by atoms with Crippen LogP contribution < -0.4 is 10.6 Å². The summed E-state index contributed by atoms with van der Waals surface area (Å²) in [6.45, 7) is 4.66.